The number of hydrogen-bond donors (Lipinski definition) is 1. The van der Waals surface area contributed by atoms with E-state index in [2.05, 4.69) is 0 Å². The van der Waals surface area contributed by atoms with Crippen molar-refractivity contribution in [1.29, 1.82) is 0 Å². The van der Waals surface area contributed by atoms with E-state index in [4.69, 9.17) is 34.8 Å². The second kappa shape index (κ2) is 5.31. The number of halogens is 3. The van der Waals surface area contributed by atoms with Gasteiger partial charge in [-0.25, -0.2) is 4.79 Å². The number of aromatic carboxylic acids is 1. The number of rotatable bonds is 3. The van der Waals surface area contributed by atoms with Crippen molar-refractivity contribution in [3.8, 4) is 0 Å². The van der Waals surface area contributed by atoms with Crippen molar-refractivity contribution in [3.63, 3.8) is 0 Å². The molecular weight excluding hydrogens is 310 g/mol. The van der Waals surface area contributed by atoms with E-state index in [0.29, 0.717) is 5.56 Å². The van der Waals surface area contributed by atoms with Crippen molar-refractivity contribution in [2.24, 2.45) is 0 Å². The Bertz CT molecular complexity index is 577. The lowest BCUT2D eigenvalue weighted by Crippen LogP contribution is -2.15. The summed E-state index contributed by atoms with van der Waals surface area (Å²) in [5.41, 5.74) is 0.194. The first-order chi connectivity index (χ1) is 8.86. The van der Waals surface area contributed by atoms with Gasteiger partial charge in [0.25, 0.3) is 0 Å². The molecule has 0 spiro atoms. The molecule has 1 saturated carbocycles. The van der Waals surface area contributed by atoms with Gasteiger partial charge in [-0.05, 0) is 31.2 Å². The summed E-state index contributed by atoms with van der Waals surface area (Å²) in [4.78, 5) is 22.9. The van der Waals surface area contributed by atoms with Gasteiger partial charge in [0.1, 0.15) is 0 Å². The summed E-state index contributed by atoms with van der Waals surface area (Å²) in [7, 11) is 0. The highest BCUT2D eigenvalue weighted by Gasteiger charge is 2.32. The molecule has 0 bridgehead atoms. The molecule has 0 radical (unpaired) electrons. The van der Waals surface area contributed by atoms with E-state index in [1.165, 1.54) is 6.92 Å². The molecule has 0 heterocycles. The molecule has 1 aliphatic rings. The molecule has 0 saturated heterocycles. The second-order valence-corrected chi connectivity index (χ2v) is 5.73. The monoisotopic (exact) mass is 320 g/mol. The van der Waals surface area contributed by atoms with Gasteiger partial charge in [-0.1, -0.05) is 41.2 Å². The van der Waals surface area contributed by atoms with Crippen LogP contribution in [0.15, 0.2) is 0 Å². The number of Topliss-reactive ketones (excluding diaryl/α,β-unsaturated/α-hetero) is 1. The van der Waals surface area contributed by atoms with E-state index >= 15 is 0 Å². The fourth-order valence-electron chi connectivity index (χ4n) is 2.27. The van der Waals surface area contributed by atoms with Gasteiger partial charge in [0, 0.05) is 0 Å². The molecule has 1 fully saturated rings. The number of benzene rings is 1. The molecule has 0 unspecified atom stereocenters. The van der Waals surface area contributed by atoms with Gasteiger partial charge in [-0.2, -0.15) is 0 Å². The van der Waals surface area contributed by atoms with Gasteiger partial charge in [0.15, 0.2) is 5.78 Å². The fraction of sp³-hybridized carbons (Fsp3) is 0.385. The predicted octanol–water partition coefficient (Wildman–Crippen LogP) is 4.82. The molecular formula is C13H11Cl3O3. The maximum Gasteiger partial charge on any atom is 0.338 e. The van der Waals surface area contributed by atoms with Gasteiger partial charge in [-0.15, -0.1) is 0 Å². The van der Waals surface area contributed by atoms with Crippen molar-refractivity contribution in [1.82, 2.24) is 0 Å². The average Bonchev–Trinajstić information content (AvgIpc) is 2.25. The molecule has 1 aliphatic carbocycles. The predicted molar refractivity (Wildman–Crippen MR) is 75.0 cm³/mol. The molecule has 0 aliphatic heterocycles. The van der Waals surface area contributed by atoms with Crippen molar-refractivity contribution in [2.75, 3.05) is 0 Å². The lowest BCUT2D eigenvalue weighted by molar-refractivity contribution is 0.0692. The Labute approximate surface area is 125 Å². The maximum atomic E-state index is 11.6. The van der Waals surface area contributed by atoms with Crippen LogP contribution in [0.3, 0.4) is 0 Å². The molecule has 0 aromatic heterocycles. The van der Waals surface area contributed by atoms with Gasteiger partial charge in [0.05, 0.1) is 26.2 Å². The van der Waals surface area contributed by atoms with Crippen LogP contribution in [-0.4, -0.2) is 16.9 Å². The van der Waals surface area contributed by atoms with Gasteiger partial charge in [-0.3, -0.25) is 4.79 Å². The topological polar surface area (TPSA) is 54.4 Å². The number of hydrogen-bond acceptors (Lipinski definition) is 2. The van der Waals surface area contributed by atoms with Crippen LogP contribution in [0.25, 0.3) is 0 Å². The highest BCUT2D eigenvalue weighted by Crippen LogP contribution is 2.48. The first kappa shape index (κ1) is 14.6. The number of carbonyl (C=O) groups excluding carboxylic acids is 1. The number of ketones is 1. The normalized spacial score (nSPS) is 15.2. The first-order valence-electron chi connectivity index (χ1n) is 5.80. The third kappa shape index (κ3) is 2.35. The molecule has 0 atom stereocenters. The van der Waals surface area contributed by atoms with Crippen molar-refractivity contribution in [2.45, 2.75) is 32.1 Å². The minimum Gasteiger partial charge on any atom is -0.478 e. The van der Waals surface area contributed by atoms with E-state index in [9.17, 15) is 14.7 Å². The molecule has 1 N–H and O–H groups in total. The standard InChI is InChI=1S/C13H11Cl3O3/c1-5(17)7-9(13(18)19)10(14)8(6-3-2-4-6)12(16)11(7)15/h6H,2-4H2,1H3,(H,18,19). The van der Waals surface area contributed by atoms with Gasteiger partial charge in [0.2, 0.25) is 0 Å². The lowest BCUT2D eigenvalue weighted by atomic mass is 9.79. The minimum absolute atomic E-state index is 0.0159. The Kier molecular flexibility index (Phi) is 4.09. The molecule has 0 amide bonds. The van der Waals surface area contributed by atoms with E-state index in [0.717, 1.165) is 19.3 Å². The number of carbonyl (C=O) groups is 2. The Morgan fingerprint density at radius 3 is 2.00 bits per heavy atom. The molecule has 1 aromatic carbocycles. The lowest BCUT2D eigenvalue weighted by Gasteiger charge is -2.29. The highest BCUT2D eigenvalue weighted by molar-refractivity contribution is 6.47. The van der Waals surface area contributed by atoms with Crippen molar-refractivity contribution >= 4 is 46.6 Å². The fourth-order valence-corrected chi connectivity index (χ4v) is 3.41. The first-order valence-corrected chi connectivity index (χ1v) is 6.94. The number of carboxylic acids is 1. The third-order valence-corrected chi connectivity index (χ3v) is 4.69. The molecule has 102 valence electrons. The number of carboxylic acid groups (broad SMARTS) is 1. The van der Waals surface area contributed by atoms with E-state index in [1.807, 2.05) is 0 Å². The largest absolute Gasteiger partial charge is 0.478 e. The summed E-state index contributed by atoms with van der Waals surface area (Å²) < 4.78 is 0. The summed E-state index contributed by atoms with van der Waals surface area (Å²) in [5, 5.41) is 9.49. The zero-order chi connectivity index (χ0) is 14.3. The van der Waals surface area contributed by atoms with Crippen molar-refractivity contribution in [3.05, 3.63) is 31.8 Å². The second-order valence-electron chi connectivity index (χ2n) is 4.59. The molecule has 6 heteroatoms. The van der Waals surface area contributed by atoms with Crippen LogP contribution in [0.2, 0.25) is 15.1 Å². The molecule has 1 aromatic rings. The summed E-state index contributed by atoms with van der Waals surface area (Å²) in [6.45, 7) is 1.24. The SMILES string of the molecule is CC(=O)c1c(Cl)c(Cl)c(C2CCC2)c(Cl)c1C(=O)O. The summed E-state index contributed by atoms with van der Waals surface area (Å²) >= 11 is 18.4. The Morgan fingerprint density at radius 2 is 1.63 bits per heavy atom. The van der Waals surface area contributed by atoms with Crippen molar-refractivity contribution < 1.29 is 14.7 Å². The quantitative estimate of drug-likeness (QED) is 0.641. The van der Waals surface area contributed by atoms with Gasteiger partial charge < -0.3 is 5.11 Å². The van der Waals surface area contributed by atoms with Crippen LogP contribution >= 0.6 is 34.8 Å². The van der Waals surface area contributed by atoms with E-state index < -0.39 is 11.8 Å². The zero-order valence-electron chi connectivity index (χ0n) is 10.1. The van der Waals surface area contributed by atoms with Crippen LogP contribution in [0.4, 0.5) is 0 Å². The average molecular weight is 322 g/mol. The third-order valence-electron chi connectivity index (χ3n) is 3.43. The maximum absolute atomic E-state index is 11.6. The van der Waals surface area contributed by atoms with E-state index in [1.54, 1.807) is 0 Å². The minimum atomic E-state index is -1.27. The van der Waals surface area contributed by atoms with Crippen LogP contribution < -0.4 is 0 Å². The molecule has 2 rings (SSSR count). The summed E-state index contributed by atoms with van der Waals surface area (Å²) in [6.07, 6.45) is 2.84. The molecule has 3 nitrogen and oxygen atoms in total. The smallest absolute Gasteiger partial charge is 0.338 e. The van der Waals surface area contributed by atoms with Crippen LogP contribution in [0.1, 0.15) is 58.4 Å². The van der Waals surface area contributed by atoms with Crippen LogP contribution in [0.5, 0.6) is 0 Å². The highest BCUT2D eigenvalue weighted by atomic mass is 35.5. The Morgan fingerprint density at radius 1 is 1.05 bits per heavy atom. The van der Waals surface area contributed by atoms with E-state index in [-0.39, 0.29) is 32.1 Å². The van der Waals surface area contributed by atoms with Crippen LogP contribution in [0, 0.1) is 0 Å². The zero-order valence-corrected chi connectivity index (χ0v) is 12.4. The Hall–Kier alpha value is -0.770. The summed E-state index contributed by atoms with van der Waals surface area (Å²) in [6, 6.07) is 0. The molecule has 19 heavy (non-hydrogen) atoms. The van der Waals surface area contributed by atoms with Crippen LogP contribution in [-0.2, 0) is 0 Å². The van der Waals surface area contributed by atoms with Gasteiger partial charge >= 0.3 is 5.97 Å². The summed E-state index contributed by atoms with van der Waals surface area (Å²) in [5.74, 6) is -1.61. The Balaban J connectivity index is 2.79.